The first-order chi connectivity index (χ1) is 15.5. The molecule has 0 saturated heterocycles. The second-order valence-corrected chi connectivity index (χ2v) is 8.34. The van der Waals surface area contributed by atoms with E-state index in [2.05, 4.69) is 0 Å². The van der Waals surface area contributed by atoms with Crippen LogP contribution in [0.2, 0.25) is 0 Å². The van der Waals surface area contributed by atoms with E-state index in [1.807, 2.05) is 31.2 Å². The van der Waals surface area contributed by atoms with Gasteiger partial charge in [-0.2, -0.15) is 0 Å². The van der Waals surface area contributed by atoms with Crippen molar-refractivity contribution in [1.82, 2.24) is 0 Å². The zero-order valence-corrected chi connectivity index (χ0v) is 18.6. The molecule has 8 heteroatoms. The van der Waals surface area contributed by atoms with Crippen LogP contribution in [0.1, 0.15) is 45.0 Å². The third-order valence-corrected chi connectivity index (χ3v) is 6.81. The number of nitrogens with zero attached hydrogens (tertiary/aromatic N) is 2. The molecular formula is C24H22N2O5S. The number of hydrogen-bond acceptors (Lipinski definition) is 6. The highest BCUT2D eigenvalue weighted by molar-refractivity contribution is 7.17. The zero-order chi connectivity index (χ0) is 22.8. The highest BCUT2D eigenvalue weighted by Crippen LogP contribution is 2.44. The molecule has 32 heavy (non-hydrogen) atoms. The van der Waals surface area contributed by atoms with Gasteiger partial charge in [-0.25, -0.2) is 4.79 Å². The van der Waals surface area contributed by atoms with Gasteiger partial charge in [0.15, 0.2) is 0 Å². The first-order valence-corrected chi connectivity index (χ1v) is 11.2. The molecular weight excluding hydrogens is 428 g/mol. The Morgan fingerprint density at radius 1 is 1.12 bits per heavy atom. The molecule has 7 nitrogen and oxygen atoms in total. The summed E-state index contributed by atoms with van der Waals surface area (Å²) in [6, 6.07) is 13.3. The van der Waals surface area contributed by atoms with Crippen molar-refractivity contribution in [2.24, 2.45) is 0 Å². The SMILES string of the molecule is CCOC(=O)c1sc2c(c1CC)CCN(C(=O)c1ccc([N+](=O)[O-])cc1)c1ccccc1-2. The number of thiophene rings is 1. The quantitative estimate of drug-likeness (QED) is 0.300. The molecule has 2 aromatic carbocycles. The minimum absolute atomic E-state index is 0.0564. The third kappa shape index (κ3) is 3.78. The van der Waals surface area contributed by atoms with Crippen molar-refractivity contribution in [1.29, 1.82) is 0 Å². The minimum atomic E-state index is -0.485. The van der Waals surface area contributed by atoms with Gasteiger partial charge in [0.25, 0.3) is 11.6 Å². The Morgan fingerprint density at radius 2 is 1.84 bits per heavy atom. The molecule has 164 valence electrons. The van der Waals surface area contributed by atoms with Crippen LogP contribution in [0.25, 0.3) is 10.4 Å². The summed E-state index contributed by atoms with van der Waals surface area (Å²) in [7, 11) is 0. The van der Waals surface area contributed by atoms with Crippen LogP contribution in [0.3, 0.4) is 0 Å². The van der Waals surface area contributed by atoms with E-state index in [0.717, 1.165) is 27.3 Å². The average Bonchev–Trinajstić information content (AvgIpc) is 3.10. The summed E-state index contributed by atoms with van der Waals surface area (Å²) in [6.45, 7) is 4.56. The molecule has 3 aromatic rings. The topological polar surface area (TPSA) is 89.8 Å². The molecule has 0 aliphatic carbocycles. The van der Waals surface area contributed by atoms with Gasteiger partial charge in [0.05, 0.1) is 17.2 Å². The van der Waals surface area contributed by atoms with Gasteiger partial charge in [0.1, 0.15) is 4.88 Å². The Hall–Kier alpha value is -3.52. The van der Waals surface area contributed by atoms with Crippen molar-refractivity contribution in [3.63, 3.8) is 0 Å². The van der Waals surface area contributed by atoms with Crippen LogP contribution in [-0.4, -0.2) is 30.0 Å². The Kier molecular flexibility index (Phi) is 6.05. The molecule has 0 radical (unpaired) electrons. The molecule has 0 N–H and O–H groups in total. The summed E-state index contributed by atoms with van der Waals surface area (Å²) in [5.74, 6) is -0.523. The number of amides is 1. The largest absolute Gasteiger partial charge is 0.462 e. The van der Waals surface area contributed by atoms with Crippen LogP contribution < -0.4 is 4.90 Å². The second kappa shape index (κ2) is 8.92. The maximum Gasteiger partial charge on any atom is 0.348 e. The van der Waals surface area contributed by atoms with Gasteiger partial charge < -0.3 is 9.64 Å². The fraction of sp³-hybridized carbons (Fsp3) is 0.250. The number of anilines is 1. The third-order valence-electron chi connectivity index (χ3n) is 5.53. The molecule has 1 aliphatic heterocycles. The summed E-state index contributed by atoms with van der Waals surface area (Å²) < 4.78 is 5.27. The smallest absolute Gasteiger partial charge is 0.348 e. The van der Waals surface area contributed by atoms with Crippen LogP contribution in [0.5, 0.6) is 0 Å². The van der Waals surface area contributed by atoms with Gasteiger partial charge in [-0.15, -0.1) is 11.3 Å². The van der Waals surface area contributed by atoms with Crippen molar-refractivity contribution in [3.8, 4) is 10.4 Å². The number of nitro groups is 1. The van der Waals surface area contributed by atoms with Crippen LogP contribution in [0.15, 0.2) is 48.5 Å². The van der Waals surface area contributed by atoms with E-state index in [4.69, 9.17) is 4.74 Å². The average molecular weight is 451 g/mol. The number of carbonyl (C=O) groups excluding carboxylic acids is 2. The van der Waals surface area contributed by atoms with Crippen LogP contribution in [0.4, 0.5) is 11.4 Å². The van der Waals surface area contributed by atoms with Crippen molar-refractivity contribution in [2.75, 3.05) is 18.1 Å². The molecule has 0 saturated carbocycles. The monoisotopic (exact) mass is 450 g/mol. The number of nitro benzene ring substituents is 1. The van der Waals surface area contributed by atoms with Crippen LogP contribution >= 0.6 is 11.3 Å². The predicted molar refractivity (Wildman–Crippen MR) is 124 cm³/mol. The standard InChI is InChI=1S/C24H22N2O5S/c1-3-17-18-13-14-25(23(27)15-9-11-16(12-10-15)26(29)30)20-8-6-5-7-19(20)21(18)32-22(17)24(28)31-4-2/h5-12H,3-4,13-14H2,1-2H3. The molecule has 0 fully saturated rings. The molecule has 1 aliphatic rings. The lowest BCUT2D eigenvalue weighted by Gasteiger charge is -2.23. The lowest BCUT2D eigenvalue weighted by Crippen LogP contribution is -2.32. The summed E-state index contributed by atoms with van der Waals surface area (Å²) in [4.78, 5) is 39.7. The van der Waals surface area contributed by atoms with Crippen molar-refractivity contribution >= 4 is 34.6 Å². The number of rotatable bonds is 5. The molecule has 0 bridgehead atoms. The summed E-state index contributed by atoms with van der Waals surface area (Å²) in [5.41, 5.74) is 4.03. The van der Waals surface area contributed by atoms with Gasteiger partial charge in [-0.1, -0.05) is 25.1 Å². The first-order valence-electron chi connectivity index (χ1n) is 10.4. The fourth-order valence-electron chi connectivity index (χ4n) is 4.05. The lowest BCUT2D eigenvalue weighted by atomic mass is 10.0. The molecule has 1 amide bonds. The van der Waals surface area contributed by atoms with Crippen LogP contribution in [0, 0.1) is 10.1 Å². The number of non-ortho nitro benzene ring substituents is 1. The van der Waals surface area contributed by atoms with Gasteiger partial charge in [-0.05, 0) is 49.1 Å². The number of ether oxygens (including phenoxy) is 1. The number of hydrogen-bond donors (Lipinski definition) is 0. The van der Waals surface area contributed by atoms with E-state index in [9.17, 15) is 19.7 Å². The van der Waals surface area contributed by atoms with Gasteiger partial charge in [0, 0.05) is 34.7 Å². The minimum Gasteiger partial charge on any atom is -0.462 e. The van der Waals surface area contributed by atoms with Gasteiger partial charge >= 0.3 is 5.97 Å². The second-order valence-electron chi connectivity index (χ2n) is 7.32. The first kappa shape index (κ1) is 21.7. The number of para-hydroxylation sites is 1. The summed E-state index contributed by atoms with van der Waals surface area (Å²) >= 11 is 1.42. The molecule has 4 rings (SSSR count). The molecule has 2 heterocycles. The Morgan fingerprint density at radius 3 is 2.50 bits per heavy atom. The van der Waals surface area contributed by atoms with Crippen molar-refractivity contribution in [3.05, 3.63) is 80.2 Å². The van der Waals surface area contributed by atoms with Gasteiger partial charge in [-0.3, -0.25) is 14.9 Å². The maximum absolute atomic E-state index is 13.4. The summed E-state index contributed by atoms with van der Waals surface area (Å²) in [6.07, 6.45) is 1.29. The summed E-state index contributed by atoms with van der Waals surface area (Å²) in [5, 5.41) is 10.9. The lowest BCUT2D eigenvalue weighted by molar-refractivity contribution is -0.384. The molecule has 0 unspecified atom stereocenters. The highest BCUT2D eigenvalue weighted by atomic mass is 32.1. The van der Waals surface area contributed by atoms with Crippen molar-refractivity contribution in [2.45, 2.75) is 26.7 Å². The van der Waals surface area contributed by atoms with E-state index in [0.29, 0.717) is 36.4 Å². The Labute approximate surface area is 189 Å². The maximum atomic E-state index is 13.4. The number of esters is 1. The van der Waals surface area contributed by atoms with E-state index in [1.54, 1.807) is 11.8 Å². The molecule has 0 spiro atoms. The van der Waals surface area contributed by atoms with Crippen LogP contribution in [-0.2, 0) is 17.6 Å². The fourth-order valence-corrected chi connectivity index (χ4v) is 5.42. The van der Waals surface area contributed by atoms with E-state index in [-0.39, 0.29) is 17.6 Å². The number of benzene rings is 2. The van der Waals surface area contributed by atoms with Gasteiger partial charge in [0.2, 0.25) is 0 Å². The van der Waals surface area contributed by atoms with E-state index >= 15 is 0 Å². The van der Waals surface area contributed by atoms with Crippen molar-refractivity contribution < 1.29 is 19.2 Å². The highest BCUT2D eigenvalue weighted by Gasteiger charge is 2.30. The predicted octanol–water partition coefficient (Wildman–Crippen LogP) is 5.27. The Balaban J connectivity index is 1.77. The normalized spacial score (nSPS) is 12.5. The number of carbonyl (C=O) groups is 2. The molecule has 0 atom stereocenters. The molecule has 1 aromatic heterocycles. The number of fused-ring (bicyclic) bond motifs is 3. The van der Waals surface area contributed by atoms with E-state index < -0.39 is 4.92 Å². The Bertz CT molecular complexity index is 1200. The zero-order valence-electron chi connectivity index (χ0n) is 17.8. The van der Waals surface area contributed by atoms with E-state index in [1.165, 1.54) is 35.6 Å².